The number of carbonyl (C=O) groups excluding carboxylic acids is 1. The van der Waals surface area contributed by atoms with Crippen LogP contribution in [-0.4, -0.2) is 20.0 Å². The van der Waals surface area contributed by atoms with Crippen molar-refractivity contribution >= 4 is 32.7 Å². The average Bonchev–Trinajstić information content (AvgIpc) is 3.13. The van der Waals surface area contributed by atoms with Crippen LogP contribution in [0.4, 0.5) is 5.82 Å². The Bertz CT molecular complexity index is 1380. The van der Waals surface area contributed by atoms with E-state index in [0.29, 0.717) is 12.5 Å². The van der Waals surface area contributed by atoms with Crippen LogP contribution in [0, 0.1) is 5.92 Å². The van der Waals surface area contributed by atoms with Gasteiger partial charge in [0.15, 0.2) is 0 Å². The molecule has 0 atom stereocenters. The lowest BCUT2D eigenvalue weighted by Gasteiger charge is -2.26. The number of nitrogens with zero attached hydrogens (tertiary/aromatic N) is 3. The lowest BCUT2D eigenvalue weighted by atomic mass is 9.88. The minimum Gasteiger partial charge on any atom is -0.382 e. The average molecular weight is 469 g/mol. The molecule has 0 aliphatic heterocycles. The number of nitrogens with two attached hydrogens (primary N) is 1. The fourth-order valence-electron chi connectivity index (χ4n) is 5.37. The van der Waals surface area contributed by atoms with E-state index in [1.807, 2.05) is 4.57 Å². The maximum atomic E-state index is 13.7. The monoisotopic (exact) mass is 468 g/mol. The first-order chi connectivity index (χ1) is 16.0. The molecule has 2 aliphatic carbocycles. The second kappa shape index (κ2) is 8.85. The molecule has 3 heterocycles. The van der Waals surface area contributed by atoms with Crippen LogP contribution in [-0.2, 0) is 19.4 Å². The number of fused-ring (bicyclic) bond motifs is 3. The molecule has 2 aliphatic rings. The highest BCUT2D eigenvalue weighted by Crippen LogP contribution is 2.27. The molecule has 0 radical (unpaired) electrons. The highest BCUT2D eigenvalue weighted by Gasteiger charge is 2.27. The number of hydrogen-bond acceptors (Lipinski definition) is 7. The van der Waals surface area contributed by atoms with E-state index in [0.717, 1.165) is 78.5 Å². The molecular weight excluding hydrogens is 440 g/mol. The van der Waals surface area contributed by atoms with Crippen molar-refractivity contribution in [2.75, 3.05) is 5.73 Å². The molecule has 174 valence electrons. The summed E-state index contributed by atoms with van der Waals surface area (Å²) in [6.45, 7) is 0.601. The summed E-state index contributed by atoms with van der Waals surface area (Å²) in [5.74, 6) is -0.437. The van der Waals surface area contributed by atoms with Crippen LogP contribution in [0.5, 0.6) is 0 Å². The molecule has 3 aromatic rings. The topological polar surface area (TPSA) is 117 Å². The first kappa shape index (κ1) is 22.0. The quantitative estimate of drug-likeness (QED) is 0.591. The number of thiazole rings is 1. The summed E-state index contributed by atoms with van der Waals surface area (Å²) in [6.07, 6.45) is 11.6. The fourth-order valence-corrected chi connectivity index (χ4v) is 6.29. The zero-order valence-corrected chi connectivity index (χ0v) is 19.4. The van der Waals surface area contributed by atoms with Crippen molar-refractivity contribution in [3.63, 3.8) is 0 Å². The molecule has 0 aromatic carbocycles. The number of aromatic nitrogens is 3. The molecule has 0 amide bonds. The Labute approximate surface area is 194 Å². The van der Waals surface area contributed by atoms with Crippen molar-refractivity contribution in [1.82, 2.24) is 14.1 Å². The zero-order chi connectivity index (χ0) is 23.1. The van der Waals surface area contributed by atoms with Gasteiger partial charge in [0.25, 0.3) is 16.9 Å². The standard InChI is InChI=1S/C24H28N4O4S/c25-20-19-18(29)23(32)28(24(26-20)33-19)22(31)16-12-15-10-6-1-2-7-11-17(15)27(21(16)30)13-14-8-4-3-5-9-14/h12,14H,1-11,13,25H2. The number of carbonyl (C=O) groups is 1. The SMILES string of the molecule is Nc1nc2sc1c(=O)c(=O)n2C(=O)c1cc2c(n(CC3CCCCC3)c1=O)CCCCCC2. The highest BCUT2D eigenvalue weighted by atomic mass is 32.1. The molecule has 9 heteroatoms. The summed E-state index contributed by atoms with van der Waals surface area (Å²) in [6, 6.07) is 1.66. The van der Waals surface area contributed by atoms with E-state index in [1.165, 1.54) is 19.3 Å². The molecule has 33 heavy (non-hydrogen) atoms. The Hall–Kier alpha value is -2.81. The third-order valence-electron chi connectivity index (χ3n) is 7.14. The largest absolute Gasteiger partial charge is 0.382 e. The smallest absolute Gasteiger partial charge is 0.309 e. The predicted molar refractivity (Wildman–Crippen MR) is 129 cm³/mol. The molecule has 3 aromatic heterocycles. The summed E-state index contributed by atoms with van der Waals surface area (Å²) in [7, 11) is 0. The number of hydrogen-bond donors (Lipinski definition) is 1. The molecule has 1 fully saturated rings. The van der Waals surface area contributed by atoms with Gasteiger partial charge in [-0.25, -0.2) is 9.55 Å². The van der Waals surface area contributed by atoms with Gasteiger partial charge in [-0.3, -0.25) is 19.2 Å². The normalized spacial score (nSPS) is 17.6. The van der Waals surface area contributed by atoms with Crippen molar-refractivity contribution in [1.29, 1.82) is 0 Å². The first-order valence-corrected chi connectivity index (χ1v) is 12.7. The van der Waals surface area contributed by atoms with Crippen molar-refractivity contribution in [2.24, 2.45) is 5.92 Å². The molecule has 1 saturated carbocycles. The Morgan fingerprint density at radius 2 is 1.70 bits per heavy atom. The Morgan fingerprint density at radius 1 is 1.00 bits per heavy atom. The van der Waals surface area contributed by atoms with Gasteiger partial charge in [0.05, 0.1) is 0 Å². The molecule has 0 saturated heterocycles. The van der Waals surface area contributed by atoms with Gasteiger partial charge in [0.2, 0.25) is 4.96 Å². The number of rotatable bonds is 3. The van der Waals surface area contributed by atoms with Crippen LogP contribution in [0.1, 0.15) is 79.4 Å². The number of anilines is 1. The molecule has 0 unspecified atom stereocenters. The number of aryl methyl sites for hydroxylation is 1. The lowest BCUT2D eigenvalue weighted by Crippen LogP contribution is -2.40. The first-order valence-electron chi connectivity index (χ1n) is 11.9. The van der Waals surface area contributed by atoms with Gasteiger partial charge in [-0.2, -0.15) is 0 Å². The van der Waals surface area contributed by atoms with Gasteiger partial charge in [-0.05, 0) is 56.1 Å². The van der Waals surface area contributed by atoms with E-state index < -0.39 is 16.9 Å². The lowest BCUT2D eigenvalue weighted by molar-refractivity contribution is 0.0958. The molecule has 2 bridgehead atoms. The van der Waals surface area contributed by atoms with E-state index in [1.54, 1.807) is 6.07 Å². The predicted octanol–water partition coefficient (Wildman–Crippen LogP) is 2.93. The van der Waals surface area contributed by atoms with Crippen molar-refractivity contribution in [3.8, 4) is 0 Å². The van der Waals surface area contributed by atoms with E-state index in [9.17, 15) is 19.2 Å². The van der Waals surface area contributed by atoms with Gasteiger partial charge in [0, 0.05) is 12.2 Å². The van der Waals surface area contributed by atoms with Gasteiger partial charge in [0.1, 0.15) is 16.1 Å². The fraction of sp³-hybridized carbons (Fsp3) is 0.542. The van der Waals surface area contributed by atoms with E-state index in [-0.39, 0.29) is 26.6 Å². The minimum atomic E-state index is -1.00. The van der Waals surface area contributed by atoms with Crippen LogP contribution < -0.4 is 22.3 Å². The molecule has 0 spiro atoms. The second-order valence-electron chi connectivity index (χ2n) is 9.35. The third kappa shape index (κ3) is 3.92. The summed E-state index contributed by atoms with van der Waals surface area (Å²) in [5.41, 5.74) is 5.48. The maximum absolute atomic E-state index is 13.7. The van der Waals surface area contributed by atoms with Gasteiger partial charge in [-0.1, -0.05) is 43.4 Å². The second-order valence-corrected chi connectivity index (χ2v) is 10.3. The van der Waals surface area contributed by atoms with Gasteiger partial charge in [-0.15, -0.1) is 0 Å². The van der Waals surface area contributed by atoms with Gasteiger partial charge < -0.3 is 10.3 Å². The Kier molecular flexibility index (Phi) is 5.90. The highest BCUT2D eigenvalue weighted by molar-refractivity contribution is 7.23. The molecular formula is C24H28N4O4S. The third-order valence-corrected chi connectivity index (χ3v) is 8.19. The summed E-state index contributed by atoms with van der Waals surface area (Å²) >= 11 is 0.907. The molecule has 8 nitrogen and oxygen atoms in total. The number of pyridine rings is 1. The van der Waals surface area contributed by atoms with E-state index in [4.69, 9.17) is 5.73 Å². The van der Waals surface area contributed by atoms with Crippen molar-refractivity contribution < 1.29 is 4.79 Å². The summed E-state index contributed by atoms with van der Waals surface area (Å²) in [5, 5.41) is 0. The summed E-state index contributed by atoms with van der Waals surface area (Å²) in [4.78, 5) is 56.4. The van der Waals surface area contributed by atoms with Crippen molar-refractivity contribution in [3.05, 3.63) is 53.8 Å². The zero-order valence-electron chi connectivity index (χ0n) is 18.6. The van der Waals surface area contributed by atoms with Crippen LogP contribution in [0.2, 0.25) is 0 Å². The van der Waals surface area contributed by atoms with Crippen LogP contribution in [0.25, 0.3) is 9.66 Å². The van der Waals surface area contributed by atoms with Crippen LogP contribution in [0.15, 0.2) is 20.4 Å². The van der Waals surface area contributed by atoms with Crippen LogP contribution >= 0.6 is 11.3 Å². The Balaban J connectivity index is 1.67. The van der Waals surface area contributed by atoms with Crippen LogP contribution in [0.3, 0.4) is 0 Å². The maximum Gasteiger partial charge on any atom is 0.309 e. The number of nitrogen functional groups attached to an aromatic ring is 1. The van der Waals surface area contributed by atoms with Crippen molar-refractivity contribution in [2.45, 2.75) is 77.2 Å². The summed E-state index contributed by atoms with van der Waals surface area (Å²) < 4.78 is 2.58. The van der Waals surface area contributed by atoms with Gasteiger partial charge >= 0.3 is 5.56 Å². The molecule has 5 rings (SSSR count). The minimum absolute atomic E-state index is 0.0436. The Morgan fingerprint density at radius 3 is 2.45 bits per heavy atom. The van der Waals surface area contributed by atoms with E-state index in [2.05, 4.69) is 4.98 Å². The van der Waals surface area contributed by atoms with E-state index >= 15 is 0 Å². The molecule has 2 N–H and O–H groups in total.